The molecule has 20 heavy (non-hydrogen) atoms. The third-order valence-electron chi connectivity index (χ3n) is 4.52. The SMILES string of the molecule is COC(=O)c1ccc([C@@H]2CC(N3CCC3)CCN2)cc1. The number of ether oxygens (including phenoxy) is 1. The van der Waals surface area contributed by atoms with Gasteiger partial charge in [-0.05, 0) is 56.6 Å². The van der Waals surface area contributed by atoms with Crippen LogP contribution in [0.25, 0.3) is 0 Å². The molecule has 1 aromatic rings. The molecule has 108 valence electrons. The number of methoxy groups -OCH3 is 1. The van der Waals surface area contributed by atoms with Crippen molar-refractivity contribution in [1.82, 2.24) is 10.2 Å². The molecular weight excluding hydrogens is 252 g/mol. The molecule has 2 atom stereocenters. The van der Waals surface area contributed by atoms with E-state index in [1.54, 1.807) is 0 Å². The summed E-state index contributed by atoms with van der Waals surface area (Å²) in [7, 11) is 1.41. The number of rotatable bonds is 3. The lowest BCUT2D eigenvalue weighted by Gasteiger charge is -2.43. The fraction of sp³-hybridized carbons (Fsp3) is 0.562. The quantitative estimate of drug-likeness (QED) is 0.856. The van der Waals surface area contributed by atoms with Gasteiger partial charge in [-0.3, -0.25) is 0 Å². The van der Waals surface area contributed by atoms with E-state index in [2.05, 4.69) is 10.2 Å². The molecule has 3 rings (SSSR count). The third-order valence-corrected chi connectivity index (χ3v) is 4.52. The van der Waals surface area contributed by atoms with Crippen LogP contribution >= 0.6 is 0 Å². The van der Waals surface area contributed by atoms with Crippen molar-refractivity contribution in [2.45, 2.75) is 31.3 Å². The Bertz CT molecular complexity index is 468. The fourth-order valence-electron chi connectivity index (χ4n) is 3.16. The Morgan fingerprint density at radius 2 is 2.05 bits per heavy atom. The molecule has 2 aliphatic rings. The molecule has 0 bridgehead atoms. The number of carbonyl (C=O) groups excluding carboxylic acids is 1. The van der Waals surface area contributed by atoms with E-state index in [9.17, 15) is 4.79 Å². The van der Waals surface area contributed by atoms with Gasteiger partial charge in [-0.2, -0.15) is 0 Å². The molecule has 4 nitrogen and oxygen atoms in total. The maximum atomic E-state index is 11.4. The van der Waals surface area contributed by atoms with Gasteiger partial charge in [0.2, 0.25) is 0 Å². The van der Waals surface area contributed by atoms with E-state index in [0.717, 1.165) is 19.0 Å². The Morgan fingerprint density at radius 3 is 2.65 bits per heavy atom. The van der Waals surface area contributed by atoms with Crippen LogP contribution in [-0.2, 0) is 4.74 Å². The highest BCUT2D eigenvalue weighted by molar-refractivity contribution is 5.89. The largest absolute Gasteiger partial charge is 0.465 e. The minimum atomic E-state index is -0.272. The first kappa shape index (κ1) is 13.6. The van der Waals surface area contributed by atoms with Crippen LogP contribution in [0.3, 0.4) is 0 Å². The molecule has 2 heterocycles. The zero-order valence-electron chi connectivity index (χ0n) is 12.0. The predicted molar refractivity (Wildman–Crippen MR) is 77.7 cm³/mol. The van der Waals surface area contributed by atoms with Crippen LogP contribution in [0.15, 0.2) is 24.3 Å². The highest BCUT2D eigenvalue weighted by Crippen LogP contribution is 2.28. The fourth-order valence-corrected chi connectivity index (χ4v) is 3.16. The average Bonchev–Trinajstić information content (AvgIpc) is 2.45. The van der Waals surface area contributed by atoms with Gasteiger partial charge in [0, 0.05) is 12.1 Å². The second-order valence-electron chi connectivity index (χ2n) is 5.69. The van der Waals surface area contributed by atoms with Crippen LogP contribution in [0, 0.1) is 0 Å². The first-order chi connectivity index (χ1) is 9.78. The summed E-state index contributed by atoms with van der Waals surface area (Å²) in [6.45, 7) is 3.60. The maximum absolute atomic E-state index is 11.4. The highest BCUT2D eigenvalue weighted by Gasteiger charge is 2.29. The lowest BCUT2D eigenvalue weighted by atomic mass is 9.91. The van der Waals surface area contributed by atoms with Crippen LogP contribution in [0.1, 0.15) is 41.2 Å². The number of esters is 1. The molecule has 0 amide bonds. The molecule has 0 saturated carbocycles. The van der Waals surface area contributed by atoms with Gasteiger partial charge in [0.15, 0.2) is 0 Å². The second kappa shape index (κ2) is 5.94. The molecule has 2 aliphatic heterocycles. The van der Waals surface area contributed by atoms with Crippen LogP contribution in [0.4, 0.5) is 0 Å². The number of hydrogen-bond donors (Lipinski definition) is 1. The Balaban J connectivity index is 1.67. The summed E-state index contributed by atoms with van der Waals surface area (Å²) >= 11 is 0. The molecule has 1 unspecified atom stereocenters. The topological polar surface area (TPSA) is 41.6 Å². The predicted octanol–water partition coefficient (Wildman–Crippen LogP) is 1.97. The molecule has 1 aromatic carbocycles. The van der Waals surface area contributed by atoms with E-state index in [1.165, 1.54) is 38.6 Å². The van der Waals surface area contributed by atoms with Gasteiger partial charge >= 0.3 is 5.97 Å². The summed E-state index contributed by atoms with van der Waals surface area (Å²) in [6.07, 6.45) is 3.76. The summed E-state index contributed by atoms with van der Waals surface area (Å²) < 4.78 is 4.73. The number of nitrogens with one attached hydrogen (secondary N) is 1. The molecule has 2 fully saturated rings. The molecule has 4 heteroatoms. The van der Waals surface area contributed by atoms with E-state index < -0.39 is 0 Å². The maximum Gasteiger partial charge on any atom is 0.337 e. The molecule has 1 N–H and O–H groups in total. The molecule has 0 radical (unpaired) electrons. The average molecular weight is 274 g/mol. The monoisotopic (exact) mass is 274 g/mol. The van der Waals surface area contributed by atoms with Crippen molar-refractivity contribution < 1.29 is 9.53 Å². The summed E-state index contributed by atoms with van der Waals surface area (Å²) in [5, 5.41) is 3.59. The summed E-state index contributed by atoms with van der Waals surface area (Å²) in [5.74, 6) is -0.272. The van der Waals surface area contributed by atoms with Gasteiger partial charge in [-0.1, -0.05) is 12.1 Å². The molecule has 0 aromatic heterocycles. The van der Waals surface area contributed by atoms with Gasteiger partial charge in [-0.15, -0.1) is 0 Å². The Morgan fingerprint density at radius 1 is 1.30 bits per heavy atom. The number of benzene rings is 1. The van der Waals surface area contributed by atoms with Crippen molar-refractivity contribution in [3.05, 3.63) is 35.4 Å². The molecular formula is C16H22N2O2. The summed E-state index contributed by atoms with van der Waals surface area (Å²) in [4.78, 5) is 14.0. The van der Waals surface area contributed by atoms with E-state index in [1.807, 2.05) is 24.3 Å². The van der Waals surface area contributed by atoms with Gasteiger partial charge in [0.25, 0.3) is 0 Å². The van der Waals surface area contributed by atoms with Gasteiger partial charge < -0.3 is 15.0 Å². The van der Waals surface area contributed by atoms with Crippen LogP contribution in [-0.4, -0.2) is 43.7 Å². The Hall–Kier alpha value is -1.39. The molecule has 0 spiro atoms. The smallest absolute Gasteiger partial charge is 0.337 e. The number of nitrogens with zero attached hydrogens (tertiary/aromatic N) is 1. The lowest BCUT2D eigenvalue weighted by molar-refractivity contribution is 0.0600. The van der Waals surface area contributed by atoms with Crippen molar-refractivity contribution in [1.29, 1.82) is 0 Å². The third kappa shape index (κ3) is 2.72. The van der Waals surface area contributed by atoms with Crippen LogP contribution < -0.4 is 5.32 Å². The molecule has 0 aliphatic carbocycles. The van der Waals surface area contributed by atoms with Gasteiger partial charge in [0.1, 0.15) is 0 Å². The second-order valence-corrected chi connectivity index (χ2v) is 5.69. The standard InChI is InChI=1S/C16H22N2O2/c1-20-16(19)13-5-3-12(4-6-13)15-11-14(7-8-17-15)18-9-2-10-18/h3-6,14-15,17H,2,7-11H2,1H3/t14?,15-/m0/s1. The number of hydrogen-bond acceptors (Lipinski definition) is 4. The van der Waals surface area contributed by atoms with Crippen molar-refractivity contribution in [3.63, 3.8) is 0 Å². The highest BCUT2D eigenvalue weighted by atomic mass is 16.5. The van der Waals surface area contributed by atoms with Gasteiger partial charge in [0.05, 0.1) is 12.7 Å². The van der Waals surface area contributed by atoms with E-state index in [4.69, 9.17) is 4.74 Å². The van der Waals surface area contributed by atoms with Crippen LogP contribution in [0.2, 0.25) is 0 Å². The van der Waals surface area contributed by atoms with Crippen molar-refractivity contribution in [3.8, 4) is 0 Å². The Labute approximate surface area is 120 Å². The Kier molecular flexibility index (Phi) is 4.03. The molecule has 2 saturated heterocycles. The zero-order valence-corrected chi connectivity index (χ0v) is 12.0. The number of piperidine rings is 1. The minimum absolute atomic E-state index is 0.272. The van der Waals surface area contributed by atoms with E-state index >= 15 is 0 Å². The van der Waals surface area contributed by atoms with E-state index in [-0.39, 0.29) is 5.97 Å². The van der Waals surface area contributed by atoms with Crippen LogP contribution in [0.5, 0.6) is 0 Å². The summed E-state index contributed by atoms with van der Waals surface area (Å²) in [5.41, 5.74) is 1.88. The van der Waals surface area contributed by atoms with Crippen molar-refractivity contribution in [2.24, 2.45) is 0 Å². The minimum Gasteiger partial charge on any atom is -0.465 e. The normalized spacial score (nSPS) is 26.9. The lowest BCUT2D eigenvalue weighted by Crippen LogP contribution is -2.50. The number of carbonyl (C=O) groups is 1. The number of likely N-dealkylation sites (tertiary alicyclic amines) is 1. The van der Waals surface area contributed by atoms with Crippen molar-refractivity contribution in [2.75, 3.05) is 26.7 Å². The van der Waals surface area contributed by atoms with Gasteiger partial charge in [-0.25, -0.2) is 4.79 Å². The first-order valence-electron chi connectivity index (χ1n) is 7.43. The first-order valence-corrected chi connectivity index (χ1v) is 7.43. The van der Waals surface area contributed by atoms with Crippen molar-refractivity contribution >= 4 is 5.97 Å². The van der Waals surface area contributed by atoms with E-state index in [0.29, 0.717) is 11.6 Å². The zero-order chi connectivity index (χ0) is 13.9. The summed E-state index contributed by atoms with van der Waals surface area (Å²) in [6, 6.07) is 8.92.